The fourth-order valence-corrected chi connectivity index (χ4v) is 2.33. The van der Waals surface area contributed by atoms with Gasteiger partial charge in [-0.25, -0.2) is 4.98 Å². The molecule has 0 saturated heterocycles. The van der Waals surface area contributed by atoms with E-state index < -0.39 is 0 Å². The Balaban J connectivity index is 2.33. The number of pyridine rings is 1. The number of carbonyl (C=O) groups excluding carboxylic acids is 1. The first-order chi connectivity index (χ1) is 8.99. The van der Waals surface area contributed by atoms with E-state index in [1.54, 1.807) is 30.1 Å². The number of nitrogens with zero attached hydrogens (tertiary/aromatic N) is 2. The second-order valence-corrected chi connectivity index (χ2v) is 5.31. The van der Waals surface area contributed by atoms with Crippen molar-refractivity contribution >= 4 is 27.5 Å². The summed E-state index contributed by atoms with van der Waals surface area (Å²) in [7, 11) is 1.77. The molecule has 0 spiro atoms. The van der Waals surface area contributed by atoms with Gasteiger partial charge in [-0.3, -0.25) is 4.79 Å². The fourth-order valence-electron chi connectivity index (χ4n) is 1.99. The Morgan fingerprint density at radius 2 is 1.95 bits per heavy atom. The molecule has 1 aromatic heterocycles. The molecule has 0 aliphatic rings. The molecule has 2 rings (SSSR count). The summed E-state index contributed by atoms with van der Waals surface area (Å²) in [5.74, 6) is -0.117. The second kappa shape index (κ2) is 5.53. The molecule has 0 N–H and O–H groups in total. The van der Waals surface area contributed by atoms with Crippen LogP contribution in [-0.4, -0.2) is 17.9 Å². The van der Waals surface area contributed by atoms with Gasteiger partial charge in [-0.1, -0.05) is 23.8 Å². The first kappa shape index (κ1) is 13.7. The third-order valence-electron chi connectivity index (χ3n) is 2.95. The average Bonchev–Trinajstić information content (AvgIpc) is 2.37. The van der Waals surface area contributed by atoms with E-state index in [4.69, 9.17) is 0 Å². The van der Waals surface area contributed by atoms with Gasteiger partial charge in [0, 0.05) is 12.7 Å². The Labute approximate surface area is 121 Å². The van der Waals surface area contributed by atoms with Crippen LogP contribution in [0.3, 0.4) is 0 Å². The molecule has 0 aliphatic carbocycles. The minimum Gasteiger partial charge on any atom is -0.310 e. The van der Waals surface area contributed by atoms with E-state index in [1.165, 1.54) is 5.56 Å². The van der Waals surface area contributed by atoms with Crippen molar-refractivity contribution in [3.05, 3.63) is 57.8 Å². The predicted molar refractivity (Wildman–Crippen MR) is 80.6 cm³/mol. The van der Waals surface area contributed by atoms with E-state index in [0.717, 1.165) is 11.3 Å². The highest BCUT2D eigenvalue weighted by molar-refractivity contribution is 9.10. The summed E-state index contributed by atoms with van der Waals surface area (Å²) in [6, 6.07) is 11.3. The molecular weight excluding hydrogens is 304 g/mol. The van der Waals surface area contributed by atoms with Gasteiger partial charge in [0.15, 0.2) is 0 Å². The number of aromatic nitrogens is 1. The Hall–Kier alpha value is -1.68. The molecule has 0 saturated carbocycles. The number of aryl methyl sites for hydroxylation is 2. The van der Waals surface area contributed by atoms with Crippen LogP contribution in [-0.2, 0) is 0 Å². The van der Waals surface area contributed by atoms with E-state index in [9.17, 15) is 4.79 Å². The van der Waals surface area contributed by atoms with Crippen molar-refractivity contribution < 1.29 is 4.79 Å². The Morgan fingerprint density at radius 3 is 2.58 bits per heavy atom. The molecule has 0 atom stereocenters. The first-order valence-electron chi connectivity index (χ1n) is 5.97. The summed E-state index contributed by atoms with van der Waals surface area (Å²) in [4.78, 5) is 18.2. The number of halogens is 1. The van der Waals surface area contributed by atoms with Gasteiger partial charge in [-0.15, -0.1) is 0 Å². The molecule has 19 heavy (non-hydrogen) atoms. The zero-order chi connectivity index (χ0) is 14.0. The zero-order valence-electron chi connectivity index (χ0n) is 11.1. The second-order valence-electron chi connectivity index (χ2n) is 4.50. The number of benzene rings is 1. The fraction of sp³-hybridized carbons (Fsp3) is 0.200. The average molecular weight is 319 g/mol. The highest BCUT2D eigenvalue weighted by Gasteiger charge is 2.16. The van der Waals surface area contributed by atoms with Crippen LogP contribution in [0.5, 0.6) is 0 Å². The maximum atomic E-state index is 12.4. The molecular formula is C15H15BrN2O. The molecule has 0 unspecified atom stereocenters. The van der Waals surface area contributed by atoms with Crippen molar-refractivity contribution in [3.8, 4) is 0 Å². The lowest BCUT2D eigenvalue weighted by atomic mass is 10.1. The quantitative estimate of drug-likeness (QED) is 0.790. The molecule has 3 nitrogen and oxygen atoms in total. The molecule has 0 bridgehead atoms. The van der Waals surface area contributed by atoms with Crippen molar-refractivity contribution in [2.45, 2.75) is 13.8 Å². The largest absolute Gasteiger partial charge is 0.310 e. The van der Waals surface area contributed by atoms with Crippen LogP contribution in [0.25, 0.3) is 0 Å². The van der Waals surface area contributed by atoms with E-state index in [0.29, 0.717) is 10.3 Å². The lowest BCUT2D eigenvalue weighted by Crippen LogP contribution is -2.27. The zero-order valence-corrected chi connectivity index (χ0v) is 12.7. The lowest BCUT2D eigenvalue weighted by molar-refractivity contribution is 0.0988. The molecule has 0 fully saturated rings. The van der Waals surface area contributed by atoms with Crippen LogP contribution in [0.4, 0.5) is 5.69 Å². The third kappa shape index (κ3) is 3.01. The number of carbonyl (C=O) groups is 1. The minimum absolute atomic E-state index is 0.117. The monoisotopic (exact) mass is 318 g/mol. The normalized spacial score (nSPS) is 10.3. The Morgan fingerprint density at radius 1 is 1.21 bits per heavy atom. The number of hydrogen-bond acceptors (Lipinski definition) is 2. The minimum atomic E-state index is -0.117. The molecule has 2 aromatic rings. The summed E-state index contributed by atoms with van der Waals surface area (Å²) in [5.41, 5.74) is 3.59. The van der Waals surface area contributed by atoms with E-state index in [-0.39, 0.29) is 5.91 Å². The van der Waals surface area contributed by atoms with Gasteiger partial charge < -0.3 is 4.90 Å². The number of amides is 1. The molecule has 1 amide bonds. The van der Waals surface area contributed by atoms with Crippen molar-refractivity contribution in [1.82, 2.24) is 4.98 Å². The van der Waals surface area contributed by atoms with Gasteiger partial charge in [0.25, 0.3) is 5.91 Å². The SMILES string of the molecule is Cc1ccc(N(C)C(=O)c2cccc(Br)n2)c(C)c1. The van der Waals surface area contributed by atoms with Crippen LogP contribution in [0, 0.1) is 13.8 Å². The maximum Gasteiger partial charge on any atom is 0.276 e. The lowest BCUT2D eigenvalue weighted by Gasteiger charge is -2.19. The van der Waals surface area contributed by atoms with Crippen molar-refractivity contribution in [2.24, 2.45) is 0 Å². The van der Waals surface area contributed by atoms with Crippen molar-refractivity contribution in [3.63, 3.8) is 0 Å². The molecule has 1 aromatic carbocycles. The summed E-state index contributed by atoms with van der Waals surface area (Å²) in [6.07, 6.45) is 0. The molecule has 0 aliphatic heterocycles. The number of anilines is 1. The van der Waals surface area contributed by atoms with E-state index >= 15 is 0 Å². The highest BCUT2D eigenvalue weighted by atomic mass is 79.9. The van der Waals surface area contributed by atoms with Crippen LogP contribution in [0.1, 0.15) is 21.6 Å². The molecule has 98 valence electrons. The van der Waals surface area contributed by atoms with Crippen molar-refractivity contribution in [1.29, 1.82) is 0 Å². The Bertz CT molecular complexity index is 625. The van der Waals surface area contributed by atoms with Gasteiger partial charge >= 0.3 is 0 Å². The number of hydrogen-bond donors (Lipinski definition) is 0. The van der Waals surface area contributed by atoms with Crippen LogP contribution >= 0.6 is 15.9 Å². The van der Waals surface area contributed by atoms with E-state index in [1.807, 2.05) is 26.0 Å². The first-order valence-corrected chi connectivity index (χ1v) is 6.76. The van der Waals surface area contributed by atoms with Gasteiger partial charge in [0.2, 0.25) is 0 Å². The predicted octanol–water partition coefficient (Wildman–Crippen LogP) is 3.74. The summed E-state index contributed by atoms with van der Waals surface area (Å²) in [6.45, 7) is 4.04. The van der Waals surface area contributed by atoms with Crippen molar-refractivity contribution in [2.75, 3.05) is 11.9 Å². The van der Waals surface area contributed by atoms with Crippen LogP contribution in [0.15, 0.2) is 41.0 Å². The smallest absolute Gasteiger partial charge is 0.276 e. The third-order valence-corrected chi connectivity index (χ3v) is 3.39. The maximum absolute atomic E-state index is 12.4. The summed E-state index contributed by atoms with van der Waals surface area (Å²) in [5, 5.41) is 0. The molecule has 4 heteroatoms. The van der Waals surface area contributed by atoms with Crippen LogP contribution < -0.4 is 4.90 Å². The van der Waals surface area contributed by atoms with Crippen LogP contribution in [0.2, 0.25) is 0 Å². The number of rotatable bonds is 2. The Kier molecular flexibility index (Phi) is 4.00. The summed E-state index contributed by atoms with van der Waals surface area (Å²) >= 11 is 3.28. The van der Waals surface area contributed by atoms with Gasteiger partial charge in [0.1, 0.15) is 10.3 Å². The van der Waals surface area contributed by atoms with E-state index in [2.05, 4.69) is 27.0 Å². The van der Waals surface area contributed by atoms with Gasteiger partial charge in [0.05, 0.1) is 0 Å². The highest BCUT2D eigenvalue weighted by Crippen LogP contribution is 2.21. The molecule has 0 radical (unpaired) electrons. The summed E-state index contributed by atoms with van der Waals surface area (Å²) < 4.78 is 0.660. The van der Waals surface area contributed by atoms with Gasteiger partial charge in [-0.05, 0) is 53.5 Å². The topological polar surface area (TPSA) is 33.2 Å². The standard InChI is InChI=1S/C15H15BrN2O/c1-10-7-8-13(11(2)9-10)18(3)15(19)12-5-4-6-14(16)17-12/h4-9H,1-3H3. The molecule has 1 heterocycles. The van der Waals surface area contributed by atoms with Gasteiger partial charge in [-0.2, -0.15) is 0 Å².